The highest BCUT2D eigenvalue weighted by Crippen LogP contribution is 2.23. The van der Waals surface area contributed by atoms with Gasteiger partial charge < -0.3 is 9.30 Å². The largest absolute Gasteiger partial charge is 0.465 e. The Morgan fingerprint density at radius 1 is 1.61 bits per heavy atom. The topological polar surface area (TPSA) is 57.0 Å². The number of imidazole rings is 1. The predicted molar refractivity (Wildman–Crippen MR) is 68.4 cm³/mol. The molecule has 2 aromatic heterocycles. The minimum atomic E-state index is -0.319. The van der Waals surface area contributed by atoms with E-state index >= 15 is 0 Å². The van der Waals surface area contributed by atoms with Crippen LogP contribution in [-0.2, 0) is 16.1 Å². The minimum Gasteiger partial charge on any atom is -0.465 e. The lowest BCUT2D eigenvalue weighted by Gasteiger charge is -2.08. The highest BCUT2D eigenvalue weighted by atomic mass is 35.5. The Morgan fingerprint density at radius 2 is 2.39 bits per heavy atom. The van der Waals surface area contributed by atoms with Crippen molar-refractivity contribution in [1.29, 1.82) is 0 Å². The van der Waals surface area contributed by atoms with Crippen molar-refractivity contribution in [2.24, 2.45) is 0 Å². The molecule has 1 atom stereocenters. The van der Waals surface area contributed by atoms with Gasteiger partial charge in [0.1, 0.15) is 17.9 Å². The third kappa shape index (κ3) is 2.46. The molecule has 0 aliphatic rings. The molecule has 0 saturated carbocycles. The first-order valence-electron chi connectivity index (χ1n) is 5.74. The quantitative estimate of drug-likeness (QED) is 0.630. The summed E-state index contributed by atoms with van der Waals surface area (Å²) in [5.41, 5.74) is 1.37. The maximum absolute atomic E-state index is 11.6. The summed E-state index contributed by atoms with van der Waals surface area (Å²) in [6.45, 7) is 4.01. The fourth-order valence-corrected chi connectivity index (χ4v) is 1.94. The molecular formula is C12H14ClN3O2. The predicted octanol–water partition coefficient (Wildman–Crippen LogP) is 2.29. The number of hydrogen-bond donors (Lipinski definition) is 0. The van der Waals surface area contributed by atoms with Crippen LogP contribution in [0.3, 0.4) is 0 Å². The molecule has 0 aliphatic carbocycles. The van der Waals surface area contributed by atoms with E-state index < -0.39 is 0 Å². The van der Waals surface area contributed by atoms with Gasteiger partial charge in [0, 0.05) is 6.20 Å². The fourth-order valence-electron chi connectivity index (χ4n) is 1.77. The summed E-state index contributed by atoms with van der Waals surface area (Å²) >= 11 is 6.08. The Hall–Kier alpha value is -1.62. The van der Waals surface area contributed by atoms with E-state index in [2.05, 4.69) is 9.97 Å². The van der Waals surface area contributed by atoms with Crippen molar-refractivity contribution < 1.29 is 9.53 Å². The van der Waals surface area contributed by atoms with E-state index in [9.17, 15) is 4.79 Å². The molecule has 0 radical (unpaired) electrons. The zero-order chi connectivity index (χ0) is 13.1. The van der Waals surface area contributed by atoms with Gasteiger partial charge in [-0.05, 0) is 26.0 Å². The highest BCUT2D eigenvalue weighted by Gasteiger charge is 2.18. The molecular weight excluding hydrogens is 254 g/mol. The number of carbonyl (C=O) groups excluding carboxylic acids is 1. The molecule has 6 heteroatoms. The van der Waals surface area contributed by atoms with Crippen LogP contribution in [0.15, 0.2) is 18.3 Å². The van der Waals surface area contributed by atoms with Crippen LogP contribution in [0.1, 0.15) is 25.0 Å². The van der Waals surface area contributed by atoms with Crippen molar-refractivity contribution in [2.75, 3.05) is 6.61 Å². The average Bonchev–Trinajstić information content (AvgIpc) is 2.69. The SMILES string of the molecule is CCOC(=O)Cn1c(C(C)Cl)nc2cccnc21. The van der Waals surface area contributed by atoms with Crippen molar-refractivity contribution in [3.8, 4) is 0 Å². The van der Waals surface area contributed by atoms with Gasteiger partial charge in [0.25, 0.3) is 0 Å². The molecule has 1 unspecified atom stereocenters. The van der Waals surface area contributed by atoms with Crippen LogP contribution in [0.25, 0.3) is 11.2 Å². The van der Waals surface area contributed by atoms with Crippen LogP contribution in [0, 0.1) is 0 Å². The van der Waals surface area contributed by atoms with Gasteiger partial charge in [0.15, 0.2) is 5.65 Å². The van der Waals surface area contributed by atoms with E-state index in [1.165, 1.54) is 0 Å². The number of pyridine rings is 1. The number of ether oxygens (including phenoxy) is 1. The number of halogens is 1. The molecule has 18 heavy (non-hydrogen) atoms. The lowest BCUT2D eigenvalue weighted by atomic mass is 10.4. The minimum absolute atomic E-state index is 0.0771. The first-order valence-corrected chi connectivity index (χ1v) is 6.18. The van der Waals surface area contributed by atoms with E-state index in [0.717, 1.165) is 5.52 Å². The summed E-state index contributed by atoms with van der Waals surface area (Å²) in [4.78, 5) is 20.2. The fraction of sp³-hybridized carbons (Fsp3) is 0.417. The molecule has 0 N–H and O–H groups in total. The lowest BCUT2D eigenvalue weighted by Crippen LogP contribution is -2.16. The Morgan fingerprint density at radius 3 is 3.06 bits per heavy atom. The second-order valence-corrected chi connectivity index (χ2v) is 4.48. The maximum Gasteiger partial charge on any atom is 0.326 e. The highest BCUT2D eigenvalue weighted by molar-refractivity contribution is 6.20. The molecule has 0 aliphatic heterocycles. The molecule has 0 fully saturated rings. The van der Waals surface area contributed by atoms with Crippen molar-refractivity contribution >= 4 is 28.7 Å². The van der Waals surface area contributed by atoms with Gasteiger partial charge >= 0.3 is 5.97 Å². The Balaban J connectivity index is 2.45. The van der Waals surface area contributed by atoms with Gasteiger partial charge in [0.2, 0.25) is 0 Å². The molecule has 0 saturated heterocycles. The molecule has 0 spiro atoms. The number of nitrogens with zero attached hydrogens (tertiary/aromatic N) is 3. The maximum atomic E-state index is 11.6. The van der Waals surface area contributed by atoms with Crippen LogP contribution < -0.4 is 0 Å². The number of rotatable bonds is 4. The number of carbonyl (C=O) groups is 1. The summed E-state index contributed by atoms with van der Waals surface area (Å²) in [6.07, 6.45) is 1.66. The summed E-state index contributed by atoms with van der Waals surface area (Å²) < 4.78 is 6.64. The summed E-state index contributed by atoms with van der Waals surface area (Å²) in [7, 11) is 0. The van der Waals surface area contributed by atoms with Gasteiger partial charge in [-0.15, -0.1) is 11.6 Å². The summed E-state index contributed by atoms with van der Waals surface area (Å²) in [5.74, 6) is 0.305. The first-order chi connectivity index (χ1) is 8.63. The van der Waals surface area contributed by atoms with Gasteiger partial charge in [-0.25, -0.2) is 9.97 Å². The van der Waals surface area contributed by atoms with E-state index in [1.54, 1.807) is 23.8 Å². The monoisotopic (exact) mass is 267 g/mol. The van der Waals surface area contributed by atoms with E-state index in [1.807, 2.05) is 13.0 Å². The standard InChI is InChI=1S/C12H14ClN3O2/c1-3-18-10(17)7-16-11(8(2)13)15-9-5-4-6-14-12(9)16/h4-6,8H,3,7H2,1-2H3. The Kier molecular flexibility index (Phi) is 3.81. The van der Waals surface area contributed by atoms with Crippen molar-refractivity contribution in [2.45, 2.75) is 25.8 Å². The molecule has 2 aromatic rings. The number of fused-ring (bicyclic) bond motifs is 1. The molecule has 2 rings (SSSR count). The Bertz CT molecular complexity index is 565. The van der Waals surface area contributed by atoms with Gasteiger partial charge in [-0.1, -0.05) is 0 Å². The molecule has 2 heterocycles. The van der Waals surface area contributed by atoms with Crippen molar-refractivity contribution in [3.63, 3.8) is 0 Å². The van der Waals surface area contributed by atoms with Crippen molar-refractivity contribution in [1.82, 2.24) is 14.5 Å². The number of hydrogen-bond acceptors (Lipinski definition) is 4. The summed E-state index contributed by atoms with van der Waals surface area (Å²) in [6, 6.07) is 3.64. The van der Waals surface area contributed by atoms with Crippen LogP contribution in [0.4, 0.5) is 0 Å². The molecule has 0 aromatic carbocycles. The molecule has 96 valence electrons. The molecule has 5 nitrogen and oxygen atoms in total. The van der Waals surface area contributed by atoms with Crippen LogP contribution in [0.5, 0.6) is 0 Å². The number of alkyl halides is 1. The second-order valence-electron chi connectivity index (χ2n) is 3.82. The van der Waals surface area contributed by atoms with Crippen molar-refractivity contribution in [3.05, 3.63) is 24.2 Å². The number of aromatic nitrogens is 3. The average molecular weight is 268 g/mol. The normalized spacial score (nSPS) is 12.6. The van der Waals surface area contributed by atoms with Crippen LogP contribution in [-0.4, -0.2) is 27.1 Å². The number of esters is 1. The van der Waals surface area contributed by atoms with Gasteiger partial charge in [-0.2, -0.15) is 0 Å². The van der Waals surface area contributed by atoms with Gasteiger partial charge in [0.05, 0.1) is 12.0 Å². The van der Waals surface area contributed by atoms with E-state index in [0.29, 0.717) is 18.1 Å². The molecule has 0 amide bonds. The lowest BCUT2D eigenvalue weighted by molar-refractivity contribution is -0.143. The van der Waals surface area contributed by atoms with E-state index in [-0.39, 0.29) is 17.9 Å². The van der Waals surface area contributed by atoms with Gasteiger partial charge in [-0.3, -0.25) is 4.79 Å². The zero-order valence-electron chi connectivity index (χ0n) is 10.3. The zero-order valence-corrected chi connectivity index (χ0v) is 11.0. The third-order valence-electron chi connectivity index (χ3n) is 2.48. The Labute approximate surface area is 110 Å². The van der Waals surface area contributed by atoms with E-state index in [4.69, 9.17) is 16.3 Å². The van der Waals surface area contributed by atoms with Crippen LogP contribution in [0.2, 0.25) is 0 Å². The second kappa shape index (κ2) is 5.35. The first kappa shape index (κ1) is 12.8. The smallest absolute Gasteiger partial charge is 0.326 e. The summed E-state index contributed by atoms with van der Waals surface area (Å²) in [5, 5.41) is -0.298. The molecule has 0 bridgehead atoms. The van der Waals surface area contributed by atoms with Crippen LogP contribution >= 0.6 is 11.6 Å². The third-order valence-corrected chi connectivity index (χ3v) is 2.68.